The smallest absolute Gasteiger partial charge is 0.281 e. The molecule has 3 nitrogen and oxygen atoms in total. The topological polar surface area (TPSA) is 24.2 Å². The van der Waals surface area contributed by atoms with Crippen LogP contribution in [0.2, 0.25) is 0 Å². The van der Waals surface area contributed by atoms with E-state index < -0.39 is 0 Å². The van der Waals surface area contributed by atoms with E-state index in [1.165, 1.54) is 17.3 Å². The van der Waals surface area contributed by atoms with Crippen molar-refractivity contribution < 1.29 is 9.36 Å². The molecule has 1 amide bonds. The Morgan fingerprint density at radius 1 is 1.43 bits per heavy atom. The third-order valence-electron chi connectivity index (χ3n) is 1.77. The van der Waals surface area contributed by atoms with E-state index >= 15 is 0 Å². The molecule has 1 aromatic heterocycles. The van der Waals surface area contributed by atoms with Crippen LogP contribution in [0, 0.1) is 0 Å². The van der Waals surface area contributed by atoms with Crippen molar-refractivity contribution in [3.05, 3.63) is 30.1 Å². The third-order valence-corrected chi connectivity index (χ3v) is 2.86. The lowest BCUT2D eigenvalue weighted by Crippen LogP contribution is -2.25. The predicted octanol–water partition coefficient (Wildman–Crippen LogP) is 1.43. The molecule has 4 heteroatoms. The van der Waals surface area contributed by atoms with Gasteiger partial charge in [0.25, 0.3) is 5.24 Å². The molecule has 76 valence electrons. The molecule has 0 aliphatic carbocycles. The van der Waals surface area contributed by atoms with E-state index in [1.54, 1.807) is 19.0 Å². The van der Waals surface area contributed by atoms with Gasteiger partial charge in [0.2, 0.25) is 0 Å². The number of hydrogen-bond donors (Lipinski definition) is 0. The van der Waals surface area contributed by atoms with Gasteiger partial charge in [-0.25, -0.2) is 4.57 Å². The number of hydrogen-bond acceptors (Lipinski definition) is 2. The Kier molecular flexibility index (Phi) is 3.95. The van der Waals surface area contributed by atoms with Gasteiger partial charge in [-0.3, -0.25) is 4.79 Å². The quantitative estimate of drug-likeness (QED) is 0.691. The zero-order valence-corrected chi connectivity index (χ0v) is 9.54. The fraction of sp³-hybridized carbons (Fsp3) is 0.400. The second-order valence-electron chi connectivity index (χ2n) is 3.32. The summed E-state index contributed by atoms with van der Waals surface area (Å²) in [7, 11) is 5.50. The average Bonchev–Trinajstić information content (AvgIpc) is 2.16. The van der Waals surface area contributed by atoms with Crippen LogP contribution in [0.5, 0.6) is 0 Å². The lowest BCUT2D eigenvalue weighted by molar-refractivity contribution is -0.671. The van der Waals surface area contributed by atoms with E-state index in [4.69, 9.17) is 0 Å². The molecule has 0 fully saturated rings. The van der Waals surface area contributed by atoms with Gasteiger partial charge in [-0.05, 0) is 5.56 Å². The highest BCUT2D eigenvalue weighted by Crippen LogP contribution is 2.13. The first kappa shape index (κ1) is 11.0. The highest BCUT2D eigenvalue weighted by molar-refractivity contribution is 8.12. The minimum Gasteiger partial charge on any atom is -0.340 e. The largest absolute Gasteiger partial charge is 0.340 e. The molecule has 0 unspecified atom stereocenters. The number of pyridine rings is 1. The van der Waals surface area contributed by atoms with Crippen molar-refractivity contribution in [1.29, 1.82) is 0 Å². The summed E-state index contributed by atoms with van der Waals surface area (Å²) >= 11 is 1.32. The molecule has 0 N–H and O–H groups in total. The molecule has 0 aromatic carbocycles. The molecule has 1 rings (SSSR count). The summed E-state index contributed by atoms with van der Waals surface area (Å²) in [5.41, 5.74) is 1.17. The molecule has 0 aliphatic heterocycles. The van der Waals surface area contributed by atoms with Gasteiger partial charge in [-0.1, -0.05) is 11.8 Å². The molecule has 0 radical (unpaired) electrons. The number of aromatic nitrogens is 1. The summed E-state index contributed by atoms with van der Waals surface area (Å²) in [5.74, 6) is 0.734. The molecular weight excluding hydrogens is 196 g/mol. The Morgan fingerprint density at radius 2 is 2.00 bits per heavy atom. The molecular formula is C10H15N2OS+. The first-order chi connectivity index (χ1) is 6.59. The van der Waals surface area contributed by atoms with Gasteiger partial charge < -0.3 is 4.90 Å². The molecule has 1 aromatic rings. The van der Waals surface area contributed by atoms with Gasteiger partial charge in [0, 0.05) is 32.0 Å². The fourth-order valence-electron chi connectivity index (χ4n) is 0.902. The standard InChI is InChI=1S/C10H15N2OS/c1-11(2)10(13)14-8-9-4-6-12(3)7-5-9/h4-7H,8H2,1-3H3/q+1. The SMILES string of the molecule is CN(C)C(=O)SCc1cc[n+](C)cc1. The van der Waals surface area contributed by atoms with Gasteiger partial charge in [0.05, 0.1) is 0 Å². The number of amides is 1. The molecule has 14 heavy (non-hydrogen) atoms. The molecule has 1 heterocycles. The maximum Gasteiger partial charge on any atom is 0.281 e. The molecule has 0 bridgehead atoms. The lowest BCUT2D eigenvalue weighted by Gasteiger charge is -2.08. The van der Waals surface area contributed by atoms with Crippen molar-refractivity contribution >= 4 is 17.0 Å². The van der Waals surface area contributed by atoms with E-state index in [0.29, 0.717) is 0 Å². The van der Waals surface area contributed by atoms with E-state index in [9.17, 15) is 4.79 Å². The van der Waals surface area contributed by atoms with Gasteiger partial charge in [-0.2, -0.15) is 0 Å². The van der Waals surface area contributed by atoms with Gasteiger partial charge in [0.1, 0.15) is 7.05 Å². The van der Waals surface area contributed by atoms with E-state index in [1.807, 2.05) is 36.1 Å². The Morgan fingerprint density at radius 3 is 2.50 bits per heavy atom. The molecule has 0 aliphatic rings. The van der Waals surface area contributed by atoms with Crippen LogP contribution in [0.15, 0.2) is 24.5 Å². The van der Waals surface area contributed by atoms with Crippen LogP contribution in [0.4, 0.5) is 4.79 Å². The normalized spacial score (nSPS) is 9.93. The number of aryl methyl sites for hydroxylation is 1. The van der Waals surface area contributed by atoms with Gasteiger partial charge >= 0.3 is 0 Å². The van der Waals surface area contributed by atoms with Gasteiger partial charge in [-0.15, -0.1) is 0 Å². The van der Waals surface area contributed by atoms with Crippen LogP contribution in [-0.4, -0.2) is 24.2 Å². The van der Waals surface area contributed by atoms with Crippen LogP contribution in [0.1, 0.15) is 5.56 Å². The van der Waals surface area contributed by atoms with E-state index in [-0.39, 0.29) is 5.24 Å². The number of thioether (sulfide) groups is 1. The van der Waals surface area contributed by atoms with Crippen molar-refractivity contribution in [2.24, 2.45) is 7.05 Å². The first-order valence-corrected chi connectivity index (χ1v) is 5.36. The van der Waals surface area contributed by atoms with Gasteiger partial charge in [0.15, 0.2) is 12.4 Å². The molecule has 0 atom stereocenters. The van der Waals surface area contributed by atoms with Crippen molar-refractivity contribution in [3.63, 3.8) is 0 Å². The monoisotopic (exact) mass is 211 g/mol. The minimum atomic E-state index is 0.0956. The first-order valence-electron chi connectivity index (χ1n) is 4.38. The third kappa shape index (κ3) is 3.38. The number of nitrogens with zero attached hydrogens (tertiary/aromatic N) is 2. The van der Waals surface area contributed by atoms with Crippen molar-refractivity contribution in [3.8, 4) is 0 Å². The average molecular weight is 211 g/mol. The van der Waals surface area contributed by atoms with Crippen molar-refractivity contribution in [2.75, 3.05) is 14.1 Å². The Labute approximate surface area is 88.7 Å². The maximum absolute atomic E-state index is 11.3. The van der Waals surface area contributed by atoms with Crippen LogP contribution >= 0.6 is 11.8 Å². The maximum atomic E-state index is 11.3. The molecule has 0 spiro atoms. The van der Waals surface area contributed by atoms with Crippen LogP contribution < -0.4 is 4.57 Å². The van der Waals surface area contributed by atoms with Crippen LogP contribution in [0.3, 0.4) is 0 Å². The van der Waals surface area contributed by atoms with Crippen molar-refractivity contribution in [1.82, 2.24) is 4.90 Å². The Hall–Kier alpha value is -1.03. The fourth-order valence-corrected chi connectivity index (χ4v) is 1.64. The van der Waals surface area contributed by atoms with E-state index in [2.05, 4.69) is 0 Å². The van der Waals surface area contributed by atoms with Crippen LogP contribution in [-0.2, 0) is 12.8 Å². The summed E-state index contributed by atoms with van der Waals surface area (Å²) in [4.78, 5) is 12.9. The lowest BCUT2D eigenvalue weighted by atomic mass is 10.3. The second-order valence-corrected chi connectivity index (χ2v) is 4.25. The van der Waals surface area contributed by atoms with Crippen molar-refractivity contribution in [2.45, 2.75) is 5.75 Å². The van der Waals surface area contributed by atoms with E-state index in [0.717, 1.165) is 5.75 Å². The Balaban J connectivity index is 2.46. The number of carbonyl (C=O) groups is 1. The summed E-state index contributed by atoms with van der Waals surface area (Å²) < 4.78 is 1.97. The second kappa shape index (κ2) is 5.00. The minimum absolute atomic E-state index is 0.0956. The molecule has 0 saturated heterocycles. The summed E-state index contributed by atoms with van der Waals surface area (Å²) in [5, 5.41) is 0.0956. The predicted molar refractivity (Wildman–Crippen MR) is 58.0 cm³/mol. The number of carbonyl (C=O) groups excluding carboxylic acids is 1. The zero-order valence-electron chi connectivity index (χ0n) is 8.73. The zero-order chi connectivity index (χ0) is 10.6. The highest BCUT2D eigenvalue weighted by Gasteiger charge is 2.05. The summed E-state index contributed by atoms with van der Waals surface area (Å²) in [6, 6.07) is 4.05. The Bertz CT molecular complexity index is 308. The highest BCUT2D eigenvalue weighted by atomic mass is 32.2. The number of rotatable bonds is 2. The summed E-state index contributed by atoms with van der Waals surface area (Å²) in [6.45, 7) is 0. The molecule has 0 saturated carbocycles. The summed E-state index contributed by atoms with van der Waals surface area (Å²) in [6.07, 6.45) is 3.96. The van der Waals surface area contributed by atoms with Crippen LogP contribution in [0.25, 0.3) is 0 Å².